The normalized spacial score (nSPS) is 18.0. The van der Waals surface area contributed by atoms with Crippen LogP contribution < -0.4 is 5.32 Å². The number of nitrogens with zero attached hydrogens (tertiary/aromatic N) is 2. The number of likely N-dealkylation sites (tertiary alicyclic amines) is 1. The van der Waals surface area contributed by atoms with Gasteiger partial charge < -0.3 is 15.1 Å². The predicted octanol–water partition coefficient (Wildman–Crippen LogP) is 3.46. The Bertz CT molecular complexity index is 610. The molecule has 0 radical (unpaired) electrons. The van der Waals surface area contributed by atoms with Crippen molar-refractivity contribution >= 4 is 23.2 Å². The number of benzene rings is 1. The van der Waals surface area contributed by atoms with Gasteiger partial charge in [-0.25, -0.2) is 4.39 Å². The highest BCUT2D eigenvalue weighted by atomic mass is 32.1. The maximum atomic E-state index is 13.2. The molecule has 1 heterocycles. The van der Waals surface area contributed by atoms with E-state index in [1.807, 2.05) is 17.0 Å². The molecule has 1 N–H and O–H groups in total. The monoisotopic (exact) mass is 377 g/mol. The highest BCUT2D eigenvalue weighted by molar-refractivity contribution is 7.80. The van der Waals surface area contributed by atoms with Crippen molar-refractivity contribution in [3.8, 4) is 0 Å². The summed E-state index contributed by atoms with van der Waals surface area (Å²) in [4.78, 5) is 16.4. The van der Waals surface area contributed by atoms with E-state index in [0.717, 1.165) is 44.3 Å². The molecule has 0 unspecified atom stereocenters. The van der Waals surface area contributed by atoms with Crippen molar-refractivity contribution in [2.45, 2.75) is 57.5 Å². The van der Waals surface area contributed by atoms with E-state index < -0.39 is 0 Å². The van der Waals surface area contributed by atoms with Gasteiger partial charge >= 0.3 is 0 Å². The number of carbonyl (C=O) groups is 1. The minimum absolute atomic E-state index is 0.121. The van der Waals surface area contributed by atoms with E-state index in [2.05, 4.69) is 10.2 Å². The lowest BCUT2D eigenvalue weighted by Gasteiger charge is -2.36. The Hall–Kier alpha value is -1.69. The van der Waals surface area contributed by atoms with Gasteiger partial charge in [-0.3, -0.25) is 4.79 Å². The van der Waals surface area contributed by atoms with E-state index in [0.29, 0.717) is 17.7 Å². The summed E-state index contributed by atoms with van der Waals surface area (Å²) in [6, 6.07) is 6.98. The van der Waals surface area contributed by atoms with Crippen molar-refractivity contribution in [2.24, 2.45) is 0 Å². The molecule has 1 aromatic carbocycles. The van der Waals surface area contributed by atoms with Crippen LogP contribution in [0, 0.1) is 5.82 Å². The zero-order valence-electron chi connectivity index (χ0n) is 15.3. The van der Waals surface area contributed by atoms with Gasteiger partial charge in [0, 0.05) is 25.7 Å². The second-order valence-electron chi connectivity index (χ2n) is 7.29. The fourth-order valence-corrected chi connectivity index (χ4v) is 4.16. The van der Waals surface area contributed by atoms with Gasteiger partial charge in [0.2, 0.25) is 5.91 Å². The maximum Gasteiger partial charge on any atom is 0.241 e. The first-order chi connectivity index (χ1) is 12.6. The largest absolute Gasteiger partial charge is 0.353 e. The summed E-state index contributed by atoms with van der Waals surface area (Å²) in [6.07, 6.45) is 8.10. The third-order valence-corrected chi connectivity index (χ3v) is 5.77. The molecule has 1 amide bonds. The molecule has 6 heteroatoms. The Morgan fingerprint density at radius 3 is 2.42 bits per heavy atom. The second-order valence-corrected chi connectivity index (χ2v) is 7.68. The molecule has 1 aliphatic heterocycles. The number of rotatable bonds is 5. The zero-order chi connectivity index (χ0) is 18.4. The number of hydrogen-bond acceptors (Lipinski definition) is 2. The SMILES string of the molecule is O=C(CNC(=S)N(Cc1ccc(F)cc1)C1CCCCC1)N1CCCC1. The Labute approximate surface area is 160 Å². The summed E-state index contributed by atoms with van der Waals surface area (Å²) in [5, 5.41) is 3.81. The topological polar surface area (TPSA) is 35.6 Å². The van der Waals surface area contributed by atoms with Crippen LogP contribution in [0.5, 0.6) is 0 Å². The minimum atomic E-state index is -0.227. The highest BCUT2D eigenvalue weighted by Gasteiger charge is 2.24. The molecule has 1 aliphatic carbocycles. The molecule has 2 aliphatic rings. The molecular formula is C20H28FN3OS. The lowest BCUT2D eigenvalue weighted by atomic mass is 9.94. The second kappa shape index (κ2) is 9.31. The summed E-state index contributed by atoms with van der Waals surface area (Å²) >= 11 is 5.64. The fraction of sp³-hybridized carbons (Fsp3) is 0.600. The van der Waals surface area contributed by atoms with E-state index in [4.69, 9.17) is 12.2 Å². The number of halogens is 1. The van der Waals surface area contributed by atoms with Crippen LogP contribution in [0.3, 0.4) is 0 Å². The standard InChI is InChI=1S/C20H28FN3OS/c21-17-10-8-16(9-11-17)15-24(18-6-2-1-3-7-18)20(26)22-14-19(25)23-12-4-5-13-23/h8-11,18H,1-7,12-15H2,(H,22,26). The van der Waals surface area contributed by atoms with Gasteiger partial charge in [0.15, 0.2) is 5.11 Å². The van der Waals surface area contributed by atoms with Gasteiger partial charge in [-0.05, 0) is 55.6 Å². The van der Waals surface area contributed by atoms with Gasteiger partial charge in [-0.15, -0.1) is 0 Å². The van der Waals surface area contributed by atoms with E-state index in [1.54, 1.807) is 0 Å². The molecule has 0 atom stereocenters. The van der Waals surface area contributed by atoms with Crippen LogP contribution >= 0.6 is 12.2 Å². The summed E-state index contributed by atoms with van der Waals surface area (Å²) in [7, 11) is 0. The zero-order valence-corrected chi connectivity index (χ0v) is 16.1. The molecule has 26 heavy (non-hydrogen) atoms. The molecule has 1 saturated heterocycles. The molecule has 0 spiro atoms. The van der Waals surface area contributed by atoms with E-state index in [9.17, 15) is 9.18 Å². The Morgan fingerprint density at radius 2 is 1.77 bits per heavy atom. The van der Waals surface area contributed by atoms with Crippen LogP contribution in [0.25, 0.3) is 0 Å². The molecule has 1 saturated carbocycles. The molecule has 142 valence electrons. The van der Waals surface area contributed by atoms with Gasteiger partial charge in [-0.2, -0.15) is 0 Å². The van der Waals surface area contributed by atoms with Crippen LogP contribution in [-0.4, -0.2) is 46.5 Å². The lowest BCUT2D eigenvalue weighted by molar-refractivity contribution is -0.128. The lowest BCUT2D eigenvalue weighted by Crippen LogP contribution is -2.49. The van der Waals surface area contributed by atoms with Gasteiger partial charge in [0.05, 0.1) is 6.54 Å². The molecule has 0 aromatic heterocycles. The van der Waals surface area contributed by atoms with Gasteiger partial charge in [-0.1, -0.05) is 31.4 Å². The van der Waals surface area contributed by atoms with Crippen LogP contribution in [0.4, 0.5) is 4.39 Å². The summed E-state index contributed by atoms with van der Waals surface area (Å²) in [6.45, 7) is 2.62. The van der Waals surface area contributed by atoms with Crippen LogP contribution in [0.2, 0.25) is 0 Å². The van der Waals surface area contributed by atoms with Crippen LogP contribution in [0.1, 0.15) is 50.5 Å². The first-order valence-corrected chi connectivity index (χ1v) is 10.1. The first kappa shape index (κ1) is 19.1. The smallest absolute Gasteiger partial charge is 0.241 e. The van der Waals surface area contributed by atoms with Crippen molar-refractivity contribution in [3.05, 3.63) is 35.6 Å². The number of carbonyl (C=O) groups excluding carboxylic acids is 1. The van der Waals surface area contributed by atoms with E-state index >= 15 is 0 Å². The van der Waals surface area contributed by atoms with Crippen molar-refractivity contribution in [3.63, 3.8) is 0 Å². The third-order valence-electron chi connectivity index (χ3n) is 5.39. The number of nitrogens with one attached hydrogen (secondary N) is 1. The van der Waals surface area contributed by atoms with Crippen LogP contribution in [-0.2, 0) is 11.3 Å². The third kappa shape index (κ3) is 5.16. The Kier molecular flexibility index (Phi) is 6.83. The van der Waals surface area contributed by atoms with Crippen LogP contribution in [0.15, 0.2) is 24.3 Å². The number of amides is 1. The van der Waals surface area contributed by atoms with Gasteiger partial charge in [0.25, 0.3) is 0 Å². The molecule has 3 rings (SSSR count). The first-order valence-electron chi connectivity index (χ1n) is 9.70. The average Bonchev–Trinajstić information content (AvgIpc) is 3.21. The Balaban J connectivity index is 1.62. The molecule has 2 fully saturated rings. The van der Waals surface area contributed by atoms with E-state index in [-0.39, 0.29) is 18.3 Å². The number of hydrogen-bond donors (Lipinski definition) is 1. The van der Waals surface area contributed by atoms with E-state index in [1.165, 1.54) is 31.4 Å². The molecule has 0 bridgehead atoms. The van der Waals surface area contributed by atoms with Crippen molar-refractivity contribution in [1.29, 1.82) is 0 Å². The summed E-state index contributed by atoms with van der Waals surface area (Å²) in [5.74, 6) is -0.106. The molecular weight excluding hydrogens is 349 g/mol. The summed E-state index contributed by atoms with van der Waals surface area (Å²) < 4.78 is 13.2. The Morgan fingerprint density at radius 1 is 1.12 bits per heavy atom. The summed E-state index contributed by atoms with van der Waals surface area (Å²) in [5.41, 5.74) is 1.03. The number of thiocarbonyl (C=S) groups is 1. The average molecular weight is 378 g/mol. The maximum absolute atomic E-state index is 13.2. The molecule has 1 aromatic rings. The van der Waals surface area contributed by atoms with Gasteiger partial charge in [0.1, 0.15) is 5.82 Å². The van der Waals surface area contributed by atoms with Crippen molar-refractivity contribution < 1.29 is 9.18 Å². The predicted molar refractivity (Wildman–Crippen MR) is 105 cm³/mol. The minimum Gasteiger partial charge on any atom is -0.353 e. The quantitative estimate of drug-likeness (QED) is 0.797. The van der Waals surface area contributed by atoms with Crippen molar-refractivity contribution in [2.75, 3.05) is 19.6 Å². The van der Waals surface area contributed by atoms with Crippen molar-refractivity contribution in [1.82, 2.24) is 15.1 Å². The fourth-order valence-electron chi connectivity index (χ4n) is 3.88. The molecule has 4 nitrogen and oxygen atoms in total. The highest BCUT2D eigenvalue weighted by Crippen LogP contribution is 2.24.